The summed E-state index contributed by atoms with van der Waals surface area (Å²) in [6.07, 6.45) is -2.40. The number of amides is 1. The zero-order valence-corrected chi connectivity index (χ0v) is 14.5. The molecule has 2 heterocycles. The summed E-state index contributed by atoms with van der Waals surface area (Å²) in [5.74, 6) is -0.279. The molecular formula is C18H18F3N3O3. The van der Waals surface area contributed by atoms with E-state index in [0.29, 0.717) is 11.3 Å². The summed E-state index contributed by atoms with van der Waals surface area (Å²) in [6, 6.07) is 7.45. The third-order valence-electron chi connectivity index (χ3n) is 3.44. The van der Waals surface area contributed by atoms with E-state index < -0.39 is 12.8 Å². The van der Waals surface area contributed by atoms with Gasteiger partial charge in [-0.15, -0.1) is 0 Å². The van der Waals surface area contributed by atoms with Crippen molar-refractivity contribution in [1.82, 2.24) is 9.97 Å². The number of rotatable bonds is 8. The largest absolute Gasteiger partial charge is 0.468 e. The summed E-state index contributed by atoms with van der Waals surface area (Å²) in [6.45, 7) is 0.273. The molecule has 0 bridgehead atoms. The van der Waals surface area contributed by atoms with Gasteiger partial charge < -0.3 is 10.1 Å². The molecule has 0 fully saturated rings. The fourth-order valence-corrected chi connectivity index (χ4v) is 2.12. The van der Waals surface area contributed by atoms with Crippen LogP contribution in [0.15, 0.2) is 36.5 Å². The van der Waals surface area contributed by atoms with Gasteiger partial charge in [0.15, 0.2) is 12.4 Å². The molecule has 0 aliphatic heterocycles. The molecule has 2 rings (SSSR count). The molecule has 144 valence electrons. The molecule has 1 amide bonds. The molecule has 0 saturated carbocycles. The van der Waals surface area contributed by atoms with E-state index in [0.717, 1.165) is 0 Å². The van der Waals surface area contributed by atoms with Gasteiger partial charge in [-0.25, -0.2) is 9.97 Å². The molecule has 0 aliphatic carbocycles. The first-order valence-electron chi connectivity index (χ1n) is 8.21. The Bertz CT molecular complexity index is 810. The second-order valence-corrected chi connectivity index (χ2v) is 5.63. The van der Waals surface area contributed by atoms with Crippen molar-refractivity contribution in [1.29, 1.82) is 0 Å². The first kappa shape index (κ1) is 20.3. The number of nitrogens with zero attached hydrogens (tertiary/aromatic N) is 2. The zero-order valence-electron chi connectivity index (χ0n) is 14.5. The van der Waals surface area contributed by atoms with Gasteiger partial charge in [-0.1, -0.05) is 13.0 Å². The molecule has 0 unspecified atom stereocenters. The Morgan fingerprint density at radius 2 is 2.00 bits per heavy atom. The van der Waals surface area contributed by atoms with Crippen LogP contribution in [0.25, 0.3) is 0 Å². The van der Waals surface area contributed by atoms with E-state index in [1.54, 1.807) is 13.0 Å². The third kappa shape index (κ3) is 7.04. The lowest BCUT2D eigenvalue weighted by Gasteiger charge is -2.09. The number of aryl methyl sites for hydroxylation is 1. The highest BCUT2D eigenvalue weighted by atomic mass is 19.4. The molecule has 1 N–H and O–H groups in total. The van der Waals surface area contributed by atoms with Gasteiger partial charge in [0.25, 0.3) is 0 Å². The number of anilines is 1. The van der Waals surface area contributed by atoms with Crippen LogP contribution in [0.4, 0.5) is 19.0 Å². The molecule has 0 radical (unpaired) electrons. The van der Waals surface area contributed by atoms with Crippen LogP contribution in [0.1, 0.15) is 35.8 Å². The number of hydrogen-bond acceptors (Lipinski definition) is 5. The van der Waals surface area contributed by atoms with Gasteiger partial charge in [0.05, 0.1) is 0 Å². The number of ketones is 1. The molecule has 0 spiro atoms. The number of ether oxygens (including phenoxy) is 1. The minimum Gasteiger partial charge on any atom is -0.468 e. The van der Waals surface area contributed by atoms with E-state index in [1.807, 2.05) is 0 Å². The average molecular weight is 381 g/mol. The van der Waals surface area contributed by atoms with Crippen LogP contribution in [-0.4, -0.2) is 34.4 Å². The summed E-state index contributed by atoms with van der Waals surface area (Å²) in [5.41, 5.74) is 0.817. The Morgan fingerprint density at radius 3 is 2.70 bits per heavy atom. The lowest BCUT2D eigenvalue weighted by molar-refractivity contribution is -0.154. The molecule has 27 heavy (non-hydrogen) atoms. The highest BCUT2D eigenvalue weighted by Crippen LogP contribution is 2.18. The number of carbonyl (C=O) groups is 2. The van der Waals surface area contributed by atoms with Crippen LogP contribution >= 0.6 is 0 Å². The maximum atomic E-state index is 12.3. The topological polar surface area (TPSA) is 81.2 Å². The van der Waals surface area contributed by atoms with Gasteiger partial charge in [0.2, 0.25) is 11.8 Å². The maximum Gasteiger partial charge on any atom is 0.422 e. The number of aromatic nitrogens is 2. The van der Waals surface area contributed by atoms with Crippen molar-refractivity contribution >= 4 is 17.5 Å². The smallest absolute Gasteiger partial charge is 0.422 e. The second-order valence-electron chi connectivity index (χ2n) is 5.63. The van der Waals surface area contributed by atoms with E-state index in [4.69, 9.17) is 0 Å². The quantitative estimate of drug-likeness (QED) is 0.707. The number of alkyl halides is 3. The molecule has 0 aliphatic rings. The van der Waals surface area contributed by atoms with Gasteiger partial charge in [-0.3, -0.25) is 9.59 Å². The van der Waals surface area contributed by atoms with E-state index in [1.165, 1.54) is 30.5 Å². The Balaban J connectivity index is 1.95. The van der Waals surface area contributed by atoms with Crippen molar-refractivity contribution in [2.24, 2.45) is 0 Å². The standard InChI is InChI=1S/C18H18F3N3O3/c1-2-16(26)24-15-10-12(8-9-22-15)14(25)7-6-13-4-3-5-17(23-13)27-11-18(19,20)21/h3-5,8-10H,2,6-7,11H2,1H3,(H,22,24,26). The van der Waals surface area contributed by atoms with E-state index in [2.05, 4.69) is 20.0 Å². The molecule has 2 aromatic heterocycles. The zero-order chi connectivity index (χ0) is 19.9. The van der Waals surface area contributed by atoms with Crippen molar-refractivity contribution in [3.05, 3.63) is 47.8 Å². The molecule has 9 heteroatoms. The molecular weight excluding hydrogens is 363 g/mol. The van der Waals surface area contributed by atoms with Crippen LogP contribution in [-0.2, 0) is 11.2 Å². The minimum absolute atomic E-state index is 0.0981. The fourth-order valence-electron chi connectivity index (χ4n) is 2.12. The maximum absolute atomic E-state index is 12.3. The predicted octanol–water partition coefficient (Wildman–Crippen LogP) is 3.58. The Kier molecular flexibility index (Phi) is 6.86. The van der Waals surface area contributed by atoms with Crippen LogP contribution in [0, 0.1) is 0 Å². The number of carbonyl (C=O) groups excluding carboxylic acids is 2. The van der Waals surface area contributed by atoms with Crippen LogP contribution in [0.5, 0.6) is 5.88 Å². The number of pyridine rings is 2. The van der Waals surface area contributed by atoms with Gasteiger partial charge in [0.1, 0.15) is 5.82 Å². The molecule has 0 atom stereocenters. The monoisotopic (exact) mass is 381 g/mol. The number of Topliss-reactive ketones (excluding diaryl/α,β-unsaturated/α-hetero) is 1. The van der Waals surface area contributed by atoms with Gasteiger partial charge >= 0.3 is 6.18 Å². The molecule has 6 nitrogen and oxygen atoms in total. The lowest BCUT2D eigenvalue weighted by atomic mass is 10.1. The Morgan fingerprint density at radius 1 is 1.22 bits per heavy atom. The SMILES string of the molecule is CCC(=O)Nc1cc(C(=O)CCc2cccc(OCC(F)(F)F)n2)ccn1. The Labute approximate surface area is 153 Å². The van der Waals surface area contributed by atoms with Crippen molar-refractivity contribution in [3.63, 3.8) is 0 Å². The minimum atomic E-state index is -4.44. The summed E-state index contributed by atoms with van der Waals surface area (Å²) in [5, 5.41) is 2.57. The van der Waals surface area contributed by atoms with Crippen LogP contribution in [0.3, 0.4) is 0 Å². The highest BCUT2D eigenvalue weighted by molar-refractivity contribution is 5.97. The lowest BCUT2D eigenvalue weighted by Crippen LogP contribution is -2.19. The van der Waals surface area contributed by atoms with Gasteiger partial charge in [-0.05, 0) is 24.6 Å². The van der Waals surface area contributed by atoms with Crippen LogP contribution in [0.2, 0.25) is 0 Å². The normalized spacial score (nSPS) is 11.1. The number of halogens is 3. The van der Waals surface area contributed by atoms with Crippen molar-refractivity contribution in [2.75, 3.05) is 11.9 Å². The number of hydrogen-bond donors (Lipinski definition) is 1. The second kappa shape index (κ2) is 9.11. The molecule has 2 aromatic rings. The molecule has 0 saturated heterocycles. The summed E-state index contributed by atoms with van der Waals surface area (Å²) in [7, 11) is 0. The summed E-state index contributed by atoms with van der Waals surface area (Å²) >= 11 is 0. The summed E-state index contributed by atoms with van der Waals surface area (Å²) in [4.78, 5) is 31.7. The van der Waals surface area contributed by atoms with Crippen molar-refractivity contribution < 1.29 is 27.5 Å². The predicted molar refractivity (Wildman–Crippen MR) is 91.6 cm³/mol. The Hall–Kier alpha value is -2.97. The van der Waals surface area contributed by atoms with Gasteiger partial charge in [0, 0.05) is 36.4 Å². The van der Waals surface area contributed by atoms with Crippen LogP contribution < -0.4 is 10.1 Å². The third-order valence-corrected chi connectivity index (χ3v) is 3.44. The van der Waals surface area contributed by atoms with Crippen molar-refractivity contribution in [3.8, 4) is 5.88 Å². The fraction of sp³-hybridized carbons (Fsp3) is 0.333. The van der Waals surface area contributed by atoms with Gasteiger partial charge in [-0.2, -0.15) is 13.2 Å². The number of nitrogens with one attached hydrogen (secondary N) is 1. The van der Waals surface area contributed by atoms with E-state index in [-0.39, 0.29) is 42.7 Å². The summed E-state index contributed by atoms with van der Waals surface area (Å²) < 4.78 is 41.2. The molecule has 0 aromatic carbocycles. The van der Waals surface area contributed by atoms with E-state index in [9.17, 15) is 22.8 Å². The van der Waals surface area contributed by atoms with E-state index >= 15 is 0 Å². The highest BCUT2D eigenvalue weighted by Gasteiger charge is 2.28. The average Bonchev–Trinajstić information content (AvgIpc) is 2.64. The van der Waals surface area contributed by atoms with Crippen molar-refractivity contribution in [2.45, 2.75) is 32.4 Å². The first-order chi connectivity index (χ1) is 12.8. The first-order valence-corrected chi connectivity index (χ1v) is 8.21.